The van der Waals surface area contributed by atoms with Crippen molar-refractivity contribution < 1.29 is 4.79 Å². The zero-order valence-corrected chi connectivity index (χ0v) is 20.8. The van der Waals surface area contributed by atoms with Crippen molar-refractivity contribution in [1.29, 1.82) is 0 Å². The first-order valence-electron chi connectivity index (χ1n) is 10.5. The van der Waals surface area contributed by atoms with E-state index in [0.29, 0.717) is 30.1 Å². The van der Waals surface area contributed by atoms with Gasteiger partial charge < -0.3 is 16.0 Å². The van der Waals surface area contributed by atoms with Gasteiger partial charge in [0.25, 0.3) is 5.91 Å². The summed E-state index contributed by atoms with van der Waals surface area (Å²) in [6, 6.07) is 8.73. The van der Waals surface area contributed by atoms with Crippen LogP contribution in [0.4, 0.5) is 0 Å². The Morgan fingerprint density at radius 3 is 2.45 bits per heavy atom. The number of likely N-dealkylation sites (tertiary alicyclic amines) is 1. The molecule has 0 bridgehead atoms. The second-order valence-electron chi connectivity index (χ2n) is 8.01. The van der Waals surface area contributed by atoms with Crippen molar-refractivity contribution in [3.63, 3.8) is 0 Å². The van der Waals surface area contributed by atoms with Crippen molar-refractivity contribution in [1.82, 2.24) is 20.9 Å². The van der Waals surface area contributed by atoms with Gasteiger partial charge in [0.15, 0.2) is 5.96 Å². The van der Waals surface area contributed by atoms with Crippen LogP contribution in [0.15, 0.2) is 29.3 Å². The van der Waals surface area contributed by atoms with E-state index in [1.165, 1.54) is 0 Å². The third-order valence-corrected chi connectivity index (χ3v) is 5.41. The minimum absolute atomic E-state index is 0. The molecule has 1 aromatic carbocycles. The number of nitrogens with one attached hydrogen (secondary N) is 3. The Morgan fingerprint density at radius 1 is 1.21 bits per heavy atom. The van der Waals surface area contributed by atoms with Gasteiger partial charge >= 0.3 is 0 Å². The molecule has 2 unspecified atom stereocenters. The number of amides is 1. The first kappa shape index (κ1) is 25.7. The van der Waals surface area contributed by atoms with Crippen molar-refractivity contribution in [2.24, 2.45) is 10.9 Å². The summed E-state index contributed by atoms with van der Waals surface area (Å²) in [7, 11) is 1.80. The van der Waals surface area contributed by atoms with Gasteiger partial charge in [-0.1, -0.05) is 32.4 Å². The third-order valence-electron chi connectivity index (χ3n) is 5.41. The van der Waals surface area contributed by atoms with E-state index in [4.69, 9.17) is 0 Å². The van der Waals surface area contributed by atoms with Crippen LogP contribution in [0, 0.1) is 5.92 Å². The Labute approximate surface area is 193 Å². The Kier molecular flexibility index (Phi) is 11.6. The molecule has 7 heteroatoms. The molecule has 0 aliphatic carbocycles. The lowest BCUT2D eigenvalue weighted by Crippen LogP contribution is -2.46. The summed E-state index contributed by atoms with van der Waals surface area (Å²) in [6.45, 7) is 12.5. The number of unbranched alkanes of at least 4 members (excludes halogenated alkanes) is 1. The predicted octanol–water partition coefficient (Wildman–Crippen LogP) is 3.23. The van der Waals surface area contributed by atoms with Crippen LogP contribution in [-0.4, -0.2) is 55.5 Å². The zero-order chi connectivity index (χ0) is 20.5. The smallest absolute Gasteiger partial charge is 0.251 e. The van der Waals surface area contributed by atoms with Gasteiger partial charge in [-0.25, -0.2) is 0 Å². The average Bonchev–Trinajstić information content (AvgIpc) is 3.06. The van der Waals surface area contributed by atoms with E-state index in [1.807, 2.05) is 24.3 Å². The van der Waals surface area contributed by atoms with Gasteiger partial charge in [-0.05, 0) is 43.9 Å². The fraction of sp³-hybridized carbons (Fsp3) is 0.636. The van der Waals surface area contributed by atoms with Crippen LogP contribution in [0.3, 0.4) is 0 Å². The lowest BCUT2D eigenvalue weighted by Gasteiger charge is -2.22. The molecule has 164 valence electrons. The van der Waals surface area contributed by atoms with Crippen molar-refractivity contribution in [2.75, 3.05) is 26.7 Å². The highest BCUT2D eigenvalue weighted by molar-refractivity contribution is 14.0. The molecule has 1 saturated heterocycles. The maximum Gasteiger partial charge on any atom is 0.251 e. The highest BCUT2D eigenvalue weighted by atomic mass is 127. The fourth-order valence-electron chi connectivity index (χ4n) is 3.42. The maximum atomic E-state index is 12.1. The number of nitrogens with zero attached hydrogens (tertiary/aromatic N) is 2. The zero-order valence-electron chi connectivity index (χ0n) is 18.5. The molecule has 3 N–H and O–H groups in total. The summed E-state index contributed by atoms with van der Waals surface area (Å²) in [4.78, 5) is 19.0. The van der Waals surface area contributed by atoms with Gasteiger partial charge in [-0.2, -0.15) is 0 Å². The Bertz CT molecular complexity index is 647. The second kappa shape index (κ2) is 13.1. The number of carbonyl (C=O) groups is 1. The fourth-order valence-corrected chi connectivity index (χ4v) is 3.42. The van der Waals surface area contributed by atoms with Crippen LogP contribution >= 0.6 is 24.0 Å². The molecule has 0 aromatic heterocycles. The molecular weight excluding hydrogens is 477 g/mol. The number of halogens is 1. The van der Waals surface area contributed by atoms with Gasteiger partial charge in [-0.15, -0.1) is 24.0 Å². The van der Waals surface area contributed by atoms with E-state index in [-0.39, 0.29) is 29.9 Å². The molecule has 0 spiro atoms. The molecule has 1 aromatic rings. The SMILES string of the molecule is CCCCNC(=O)c1ccc(CNC(=NC)NC2CN(C(C)C)CC2C)cc1.I. The van der Waals surface area contributed by atoms with Crippen LogP contribution in [0.5, 0.6) is 0 Å². The normalized spacial score (nSPS) is 19.7. The van der Waals surface area contributed by atoms with Crippen LogP contribution in [0.25, 0.3) is 0 Å². The Balaban J connectivity index is 0.00000420. The second-order valence-corrected chi connectivity index (χ2v) is 8.01. The highest BCUT2D eigenvalue weighted by Crippen LogP contribution is 2.18. The van der Waals surface area contributed by atoms with E-state index < -0.39 is 0 Å². The molecule has 2 atom stereocenters. The quantitative estimate of drug-likeness (QED) is 0.215. The van der Waals surface area contributed by atoms with Gasteiger partial charge in [0, 0.05) is 50.9 Å². The molecule has 6 nitrogen and oxygen atoms in total. The molecule has 1 fully saturated rings. The molecule has 1 heterocycles. The lowest BCUT2D eigenvalue weighted by molar-refractivity contribution is 0.0953. The topological polar surface area (TPSA) is 68.8 Å². The monoisotopic (exact) mass is 515 g/mol. The summed E-state index contributed by atoms with van der Waals surface area (Å²) in [5.41, 5.74) is 1.83. The summed E-state index contributed by atoms with van der Waals surface area (Å²) in [6.07, 6.45) is 2.09. The number of carbonyl (C=O) groups excluding carboxylic acids is 1. The van der Waals surface area contributed by atoms with Gasteiger partial charge in [0.05, 0.1) is 0 Å². The minimum Gasteiger partial charge on any atom is -0.352 e. The highest BCUT2D eigenvalue weighted by Gasteiger charge is 2.31. The largest absolute Gasteiger partial charge is 0.352 e. The molecule has 0 saturated carbocycles. The third kappa shape index (κ3) is 8.12. The number of guanidine groups is 1. The van der Waals surface area contributed by atoms with Gasteiger partial charge in [0.1, 0.15) is 0 Å². The summed E-state index contributed by atoms with van der Waals surface area (Å²) < 4.78 is 0. The first-order valence-corrected chi connectivity index (χ1v) is 10.5. The van der Waals surface area contributed by atoms with E-state index in [2.05, 4.69) is 53.5 Å². The van der Waals surface area contributed by atoms with E-state index in [9.17, 15) is 4.79 Å². The van der Waals surface area contributed by atoms with Crippen molar-refractivity contribution >= 4 is 35.8 Å². The molecular formula is C22H38IN5O. The standard InChI is InChI=1S/C22H37N5O.HI/c1-6-7-12-24-21(28)19-10-8-18(9-11-19)13-25-22(23-5)26-20-15-27(16(2)3)14-17(20)4;/h8-11,16-17,20H,6-7,12-15H2,1-5H3,(H,24,28)(H2,23,25,26);1H. The predicted molar refractivity (Wildman–Crippen MR) is 132 cm³/mol. The number of aliphatic imine (C=N–C) groups is 1. The van der Waals surface area contributed by atoms with Crippen molar-refractivity contribution in [3.8, 4) is 0 Å². The van der Waals surface area contributed by atoms with Crippen molar-refractivity contribution in [2.45, 2.75) is 59.2 Å². The van der Waals surface area contributed by atoms with Gasteiger partial charge in [-0.3, -0.25) is 14.7 Å². The lowest BCUT2D eigenvalue weighted by atomic mass is 10.1. The van der Waals surface area contributed by atoms with Crippen LogP contribution in [-0.2, 0) is 6.54 Å². The molecule has 1 aliphatic heterocycles. The van der Waals surface area contributed by atoms with Crippen LogP contribution in [0.2, 0.25) is 0 Å². The molecule has 29 heavy (non-hydrogen) atoms. The van der Waals surface area contributed by atoms with E-state index in [0.717, 1.165) is 44.0 Å². The van der Waals surface area contributed by atoms with E-state index >= 15 is 0 Å². The summed E-state index contributed by atoms with van der Waals surface area (Å²) >= 11 is 0. The maximum absolute atomic E-state index is 12.1. The van der Waals surface area contributed by atoms with Crippen LogP contribution in [0.1, 0.15) is 56.5 Å². The number of benzene rings is 1. The average molecular weight is 515 g/mol. The summed E-state index contributed by atoms with van der Waals surface area (Å²) in [5.74, 6) is 1.41. The van der Waals surface area contributed by atoms with E-state index in [1.54, 1.807) is 7.05 Å². The molecule has 2 rings (SSSR count). The number of rotatable bonds is 8. The van der Waals surface area contributed by atoms with Gasteiger partial charge in [0.2, 0.25) is 0 Å². The first-order chi connectivity index (χ1) is 13.4. The number of hydrogen-bond acceptors (Lipinski definition) is 3. The number of hydrogen-bond donors (Lipinski definition) is 3. The summed E-state index contributed by atoms with van der Waals surface area (Å²) in [5, 5.41) is 9.90. The molecule has 1 amide bonds. The Hall–Kier alpha value is -1.35. The molecule has 1 aliphatic rings. The van der Waals surface area contributed by atoms with Crippen molar-refractivity contribution in [3.05, 3.63) is 35.4 Å². The molecule has 0 radical (unpaired) electrons. The minimum atomic E-state index is -0.00429. The Morgan fingerprint density at radius 2 is 1.90 bits per heavy atom. The van der Waals surface area contributed by atoms with Crippen LogP contribution < -0.4 is 16.0 Å².